The summed E-state index contributed by atoms with van der Waals surface area (Å²) in [4.78, 5) is 15.2. The Morgan fingerprint density at radius 2 is 1.96 bits per heavy atom. The standard InChI is InChI=1S/C22H26N4O/c27-22(21-19-12-4-5-13-20(19)24-25-21)23-18-11-7-15-26(16-18)14-6-10-17-8-2-1-3-9-17/h1-5,8-9,12-13,18H,6-7,10-11,14-16H2,(H,23,27)(H,24,25)/t18-/m1/s1. The molecule has 0 aliphatic carbocycles. The van der Waals surface area contributed by atoms with E-state index in [9.17, 15) is 4.79 Å². The molecule has 0 bridgehead atoms. The van der Waals surface area contributed by atoms with Crippen molar-refractivity contribution in [3.05, 3.63) is 65.9 Å². The number of rotatable bonds is 6. The number of aromatic nitrogens is 2. The summed E-state index contributed by atoms with van der Waals surface area (Å²) in [5.74, 6) is -0.0800. The predicted molar refractivity (Wildman–Crippen MR) is 108 cm³/mol. The van der Waals surface area contributed by atoms with Crippen LogP contribution < -0.4 is 5.32 Å². The van der Waals surface area contributed by atoms with Gasteiger partial charge in [0, 0.05) is 18.0 Å². The van der Waals surface area contributed by atoms with Crippen LogP contribution in [0.15, 0.2) is 54.6 Å². The van der Waals surface area contributed by atoms with Crippen molar-refractivity contribution in [2.45, 2.75) is 31.7 Å². The fraction of sp³-hybridized carbons (Fsp3) is 0.364. The fourth-order valence-electron chi connectivity index (χ4n) is 3.92. The number of hydrogen-bond acceptors (Lipinski definition) is 3. The van der Waals surface area contributed by atoms with Crippen LogP contribution in [0.5, 0.6) is 0 Å². The Morgan fingerprint density at radius 1 is 1.15 bits per heavy atom. The zero-order valence-electron chi connectivity index (χ0n) is 15.5. The molecule has 2 aromatic carbocycles. The molecule has 0 unspecified atom stereocenters. The number of piperidine rings is 1. The smallest absolute Gasteiger partial charge is 0.272 e. The Hall–Kier alpha value is -2.66. The number of carbonyl (C=O) groups is 1. The van der Waals surface area contributed by atoms with Crippen molar-refractivity contribution in [1.29, 1.82) is 0 Å². The number of fused-ring (bicyclic) bond motifs is 1. The third-order valence-corrected chi connectivity index (χ3v) is 5.31. The summed E-state index contributed by atoms with van der Waals surface area (Å²) in [5.41, 5.74) is 2.78. The van der Waals surface area contributed by atoms with Crippen molar-refractivity contribution in [2.24, 2.45) is 0 Å². The van der Waals surface area contributed by atoms with Crippen LogP contribution in [0.1, 0.15) is 35.3 Å². The average molecular weight is 362 g/mol. The topological polar surface area (TPSA) is 61.0 Å². The Morgan fingerprint density at radius 3 is 2.85 bits per heavy atom. The zero-order valence-corrected chi connectivity index (χ0v) is 15.5. The Labute approximate surface area is 159 Å². The van der Waals surface area contributed by atoms with E-state index in [1.807, 2.05) is 24.3 Å². The van der Waals surface area contributed by atoms with Gasteiger partial charge < -0.3 is 10.2 Å². The van der Waals surface area contributed by atoms with Gasteiger partial charge in [0.2, 0.25) is 0 Å². The van der Waals surface area contributed by atoms with E-state index < -0.39 is 0 Å². The summed E-state index contributed by atoms with van der Waals surface area (Å²) >= 11 is 0. The third kappa shape index (κ3) is 4.37. The first-order valence-corrected chi connectivity index (χ1v) is 9.80. The Bertz CT molecular complexity index is 889. The molecule has 0 radical (unpaired) electrons. The number of H-pyrrole nitrogens is 1. The van der Waals surface area contributed by atoms with Crippen LogP contribution in [0.25, 0.3) is 10.9 Å². The van der Waals surface area contributed by atoms with Crippen molar-refractivity contribution in [1.82, 2.24) is 20.4 Å². The van der Waals surface area contributed by atoms with Crippen molar-refractivity contribution in [2.75, 3.05) is 19.6 Å². The Balaban J connectivity index is 1.30. The molecule has 3 aromatic rings. The van der Waals surface area contributed by atoms with E-state index in [1.165, 1.54) is 5.56 Å². The lowest BCUT2D eigenvalue weighted by Crippen LogP contribution is -2.48. The molecule has 1 fully saturated rings. The van der Waals surface area contributed by atoms with E-state index in [-0.39, 0.29) is 11.9 Å². The van der Waals surface area contributed by atoms with Crippen LogP contribution in [-0.4, -0.2) is 46.7 Å². The molecule has 1 atom stereocenters. The number of carbonyl (C=O) groups excluding carboxylic acids is 1. The lowest BCUT2D eigenvalue weighted by Gasteiger charge is -2.33. The first-order valence-electron chi connectivity index (χ1n) is 9.80. The van der Waals surface area contributed by atoms with Gasteiger partial charge in [0.1, 0.15) is 0 Å². The molecule has 0 spiro atoms. The second-order valence-electron chi connectivity index (χ2n) is 7.32. The van der Waals surface area contributed by atoms with Gasteiger partial charge in [0.15, 0.2) is 5.69 Å². The minimum atomic E-state index is -0.0800. The number of likely N-dealkylation sites (tertiary alicyclic amines) is 1. The second-order valence-corrected chi connectivity index (χ2v) is 7.32. The molecule has 1 aromatic heterocycles. The SMILES string of the molecule is O=C(N[C@@H]1CCCN(CCCc2ccccc2)C1)c1n[nH]c2ccccc12. The van der Waals surface area contributed by atoms with Gasteiger partial charge in [-0.05, 0) is 50.4 Å². The molecule has 1 saturated heterocycles. The van der Waals surface area contributed by atoms with E-state index in [0.29, 0.717) is 5.69 Å². The van der Waals surface area contributed by atoms with Crippen molar-refractivity contribution in [3.8, 4) is 0 Å². The number of benzene rings is 2. The summed E-state index contributed by atoms with van der Waals surface area (Å²) in [6.45, 7) is 3.11. The number of aromatic amines is 1. The van der Waals surface area contributed by atoms with Gasteiger partial charge in [-0.3, -0.25) is 9.89 Å². The molecule has 4 rings (SSSR count). The molecular weight excluding hydrogens is 336 g/mol. The summed E-state index contributed by atoms with van der Waals surface area (Å²) in [6.07, 6.45) is 4.41. The molecule has 1 amide bonds. The molecule has 1 aliphatic rings. The van der Waals surface area contributed by atoms with E-state index in [0.717, 1.165) is 56.2 Å². The molecule has 27 heavy (non-hydrogen) atoms. The van der Waals surface area contributed by atoms with E-state index in [2.05, 4.69) is 50.7 Å². The number of nitrogens with one attached hydrogen (secondary N) is 2. The van der Waals surface area contributed by atoms with Crippen LogP contribution in [0.3, 0.4) is 0 Å². The molecule has 2 N–H and O–H groups in total. The monoisotopic (exact) mass is 362 g/mol. The van der Waals surface area contributed by atoms with Crippen molar-refractivity contribution >= 4 is 16.8 Å². The minimum Gasteiger partial charge on any atom is -0.347 e. The van der Waals surface area contributed by atoms with Gasteiger partial charge in [-0.15, -0.1) is 0 Å². The highest BCUT2D eigenvalue weighted by Gasteiger charge is 2.23. The highest BCUT2D eigenvalue weighted by molar-refractivity contribution is 6.04. The normalized spacial score (nSPS) is 17.9. The van der Waals surface area contributed by atoms with Gasteiger partial charge in [-0.25, -0.2) is 0 Å². The molecule has 2 heterocycles. The van der Waals surface area contributed by atoms with Gasteiger partial charge in [-0.1, -0.05) is 48.5 Å². The van der Waals surface area contributed by atoms with Crippen LogP contribution in [-0.2, 0) is 6.42 Å². The fourth-order valence-corrected chi connectivity index (χ4v) is 3.92. The van der Waals surface area contributed by atoms with Crippen LogP contribution >= 0.6 is 0 Å². The predicted octanol–water partition coefficient (Wildman–Crippen LogP) is 3.39. The maximum atomic E-state index is 12.7. The van der Waals surface area contributed by atoms with Crippen LogP contribution in [0, 0.1) is 0 Å². The molecular formula is C22H26N4O. The molecule has 1 aliphatic heterocycles. The average Bonchev–Trinajstić information content (AvgIpc) is 3.13. The largest absolute Gasteiger partial charge is 0.347 e. The van der Waals surface area contributed by atoms with E-state index >= 15 is 0 Å². The first-order chi connectivity index (χ1) is 13.3. The van der Waals surface area contributed by atoms with Gasteiger partial charge in [0.25, 0.3) is 5.91 Å². The van der Waals surface area contributed by atoms with E-state index in [1.54, 1.807) is 0 Å². The minimum absolute atomic E-state index is 0.0800. The zero-order chi connectivity index (χ0) is 18.5. The van der Waals surface area contributed by atoms with Crippen molar-refractivity contribution < 1.29 is 4.79 Å². The number of amides is 1. The van der Waals surface area contributed by atoms with Gasteiger partial charge in [-0.2, -0.15) is 5.10 Å². The first kappa shape index (κ1) is 17.7. The highest BCUT2D eigenvalue weighted by atomic mass is 16.2. The quantitative estimate of drug-likeness (QED) is 0.707. The summed E-state index contributed by atoms with van der Waals surface area (Å²) < 4.78 is 0. The maximum absolute atomic E-state index is 12.7. The lowest BCUT2D eigenvalue weighted by atomic mass is 10.0. The second kappa shape index (κ2) is 8.35. The molecule has 5 heteroatoms. The van der Waals surface area contributed by atoms with Crippen LogP contribution in [0.4, 0.5) is 0 Å². The number of aryl methyl sites for hydroxylation is 1. The number of nitrogens with zero attached hydrogens (tertiary/aromatic N) is 2. The summed E-state index contributed by atoms with van der Waals surface area (Å²) in [7, 11) is 0. The van der Waals surface area contributed by atoms with Gasteiger partial charge >= 0.3 is 0 Å². The van der Waals surface area contributed by atoms with Crippen molar-refractivity contribution in [3.63, 3.8) is 0 Å². The van der Waals surface area contributed by atoms with Gasteiger partial charge in [0.05, 0.1) is 5.52 Å². The summed E-state index contributed by atoms with van der Waals surface area (Å²) in [5, 5.41) is 11.2. The molecule has 5 nitrogen and oxygen atoms in total. The van der Waals surface area contributed by atoms with Crippen LogP contribution in [0.2, 0.25) is 0 Å². The van der Waals surface area contributed by atoms with E-state index in [4.69, 9.17) is 0 Å². The highest BCUT2D eigenvalue weighted by Crippen LogP contribution is 2.17. The summed E-state index contributed by atoms with van der Waals surface area (Å²) in [6, 6.07) is 18.6. The number of hydrogen-bond donors (Lipinski definition) is 2. The molecule has 140 valence electrons. The Kier molecular flexibility index (Phi) is 5.49. The third-order valence-electron chi connectivity index (χ3n) is 5.31. The maximum Gasteiger partial charge on any atom is 0.272 e. The molecule has 0 saturated carbocycles. The number of para-hydroxylation sites is 1. The lowest BCUT2D eigenvalue weighted by molar-refractivity contribution is 0.0900.